The van der Waals surface area contributed by atoms with E-state index in [1.807, 2.05) is 0 Å². The fraction of sp³-hybridized carbons (Fsp3) is 0.333. The Balaban J connectivity index is 1.66. The maximum Gasteiger partial charge on any atom is 0.270 e. The molecule has 1 saturated carbocycles. The van der Waals surface area contributed by atoms with Crippen molar-refractivity contribution >= 4 is 29.4 Å². The maximum atomic E-state index is 12.5. The smallest absolute Gasteiger partial charge is 0.270 e. The number of nitrogens with zero attached hydrogens (tertiary/aromatic N) is 2. The number of anilines is 1. The number of hydrogen-bond acceptors (Lipinski definition) is 5. The molecule has 1 fully saturated rings. The third kappa shape index (κ3) is 4.91. The molecule has 0 saturated heterocycles. The summed E-state index contributed by atoms with van der Waals surface area (Å²) >= 11 is 6.18. The van der Waals surface area contributed by atoms with Crippen molar-refractivity contribution in [2.24, 2.45) is 5.92 Å². The standard InChI is InChI=1S/C18H18ClFN4O3/c1-10(13-5-4-12(27-9-20)8-14(13)19)22-17(26)15-6-7-21-18(23-15)24-16(25)11-2-3-11/h4-8,10-11H,2-3,9H2,1H3,(H,22,26)(H,21,23,24,25). The third-order valence-electron chi connectivity index (χ3n) is 4.08. The van der Waals surface area contributed by atoms with E-state index < -0.39 is 18.8 Å². The van der Waals surface area contributed by atoms with E-state index in [1.54, 1.807) is 19.1 Å². The molecule has 0 aliphatic heterocycles. The first-order chi connectivity index (χ1) is 13.0. The first-order valence-corrected chi connectivity index (χ1v) is 8.78. The highest BCUT2D eigenvalue weighted by Gasteiger charge is 2.30. The van der Waals surface area contributed by atoms with Gasteiger partial charge in [0, 0.05) is 17.1 Å². The lowest BCUT2D eigenvalue weighted by Gasteiger charge is -2.16. The van der Waals surface area contributed by atoms with E-state index in [0.717, 1.165) is 12.8 Å². The zero-order valence-electron chi connectivity index (χ0n) is 14.5. The number of halogens is 2. The van der Waals surface area contributed by atoms with Gasteiger partial charge in [-0.15, -0.1) is 0 Å². The van der Waals surface area contributed by atoms with Gasteiger partial charge >= 0.3 is 0 Å². The Morgan fingerprint density at radius 3 is 2.81 bits per heavy atom. The summed E-state index contributed by atoms with van der Waals surface area (Å²) in [6, 6.07) is 5.73. The Hall–Kier alpha value is -2.74. The van der Waals surface area contributed by atoms with Crippen LogP contribution >= 0.6 is 11.6 Å². The van der Waals surface area contributed by atoms with E-state index in [4.69, 9.17) is 16.3 Å². The SMILES string of the molecule is CC(NC(=O)c1ccnc(NC(=O)C2CC2)n1)c1ccc(OCF)cc1Cl. The van der Waals surface area contributed by atoms with Gasteiger partial charge in [-0.25, -0.2) is 14.4 Å². The molecule has 1 heterocycles. The van der Waals surface area contributed by atoms with Crippen LogP contribution in [0.1, 0.15) is 41.9 Å². The van der Waals surface area contributed by atoms with Crippen molar-refractivity contribution < 1.29 is 18.7 Å². The average Bonchev–Trinajstić information content (AvgIpc) is 3.47. The van der Waals surface area contributed by atoms with Crippen LogP contribution in [0.4, 0.5) is 10.3 Å². The van der Waals surface area contributed by atoms with Crippen molar-refractivity contribution in [3.63, 3.8) is 0 Å². The first kappa shape index (κ1) is 19.0. The van der Waals surface area contributed by atoms with Crippen LogP contribution in [0, 0.1) is 5.92 Å². The number of benzene rings is 1. The number of ether oxygens (including phenoxy) is 1. The fourth-order valence-corrected chi connectivity index (χ4v) is 2.80. The number of rotatable bonds is 7. The fourth-order valence-electron chi connectivity index (χ4n) is 2.46. The van der Waals surface area contributed by atoms with Crippen molar-refractivity contribution in [1.29, 1.82) is 0 Å². The molecule has 1 atom stereocenters. The van der Waals surface area contributed by atoms with E-state index in [0.29, 0.717) is 16.3 Å². The van der Waals surface area contributed by atoms with Gasteiger partial charge in [0.15, 0.2) is 0 Å². The van der Waals surface area contributed by atoms with Crippen molar-refractivity contribution in [2.75, 3.05) is 12.2 Å². The largest absolute Gasteiger partial charge is 0.463 e. The molecule has 1 aromatic heterocycles. The first-order valence-electron chi connectivity index (χ1n) is 8.41. The highest BCUT2D eigenvalue weighted by Crippen LogP contribution is 2.30. The van der Waals surface area contributed by atoms with E-state index in [9.17, 15) is 14.0 Å². The Morgan fingerprint density at radius 1 is 1.37 bits per heavy atom. The van der Waals surface area contributed by atoms with Crippen LogP contribution in [0.15, 0.2) is 30.5 Å². The molecule has 1 aliphatic carbocycles. The second kappa shape index (κ2) is 8.30. The second-order valence-corrected chi connectivity index (χ2v) is 6.57. The third-order valence-corrected chi connectivity index (χ3v) is 4.41. The molecule has 142 valence electrons. The number of amides is 2. The van der Waals surface area contributed by atoms with Crippen LogP contribution in [-0.4, -0.2) is 28.6 Å². The minimum absolute atomic E-state index is 0.0117. The molecule has 1 aliphatic rings. The average molecular weight is 393 g/mol. The molecule has 0 radical (unpaired) electrons. The molecule has 0 bridgehead atoms. The van der Waals surface area contributed by atoms with E-state index in [1.165, 1.54) is 18.3 Å². The Morgan fingerprint density at radius 2 is 2.15 bits per heavy atom. The van der Waals surface area contributed by atoms with E-state index in [2.05, 4.69) is 20.6 Å². The molecule has 7 nitrogen and oxygen atoms in total. The van der Waals surface area contributed by atoms with E-state index >= 15 is 0 Å². The van der Waals surface area contributed by atoms with Crippen molar-refractivity contribution in [2.45, 2.75) is 25.8 Å². The number of nitrogens with one attached hydrogen (secondary N) is 2. The van der Waals surface area contributed by atoms with Crippen LogP contribution in [0.25, 0.3) is 0 Å². The maximum absolute atomic E-state index is 12.5. The molecule has 2 N–H and O–H groups in total. The molecule has 2 amide bonds. The lowest BCUT2D eigenvalue weighted by molar-refractivity contribution is -0.117. The van der Waals surface area contributed by atoms with Gasteiger partial charge < -0.3 is 10.1 Å². The van der Waals surface area contributed by atoms with Crippen molar-refractivity contribution in [3.05, 3.63) is 46.7 Å². The predicted molar refractivity (Wildman–Crippen MR) is 97.3 cm³/mol. The van der Waals surface area contributed by atoms with Gasteiger partial charge in [0.05, 0.1) is 6.04 Å². The Kier molecular flexibility index (Phi) is 5.85. The molecule has 3 rings (SSSR count). The highest BCUT2D eigenvalue weighted by atomic mass is 35.5. The predicted octanol–water partition coefficient (Wildman–Crippen LogP) is 3.28. The quantitative estimate of drug-likeness (QED) is 0.754. The second-order valence-electron chi connectivity index (χ2n) is 6.16. The summed E-state index contributed by atoms with van der Waals surface area (Å²) in [5.74, 6) is -0.164. The number of hydrogen-bond donors (Lipinski definition) is 2. The van der Waals surface area contributed by atoms with Crippen LogP contribution in [0.2, 0.25) is 5.02 Å². The molecule has 1 aromatic carbocycles. The lowest BCUT2D eigenvalue weighted by atomic mass is 10.1. The van der Waals surface area contributed by atoms with Crippen LogP contribution in [-0.2, 0) is 4.79 Å². The van der Waals surface area contributed by atoms with Gasteiger partial charge in [0.25, 0.3) is 5.91 Å². The molecular weight excluding hydrogens is 375 g/mol. The number of aromatic nitrogens is 2. The topological polar surface area (TPSA) is 93.2 Å². The summed E-state index contributed by atoms with van der Waals surface area (Å²) in [4.78, 5) is 32.3. The van der Waals surface area contributed by atoms with Gasteiger partial charge in [0.2, 0.25) is 18.7 Å². The number of carbonyl (C=O) groups excluding carboxylic acids is 2. The lowest BCUT2D eigenvalue weighted by Crippen LogP contribution is -2.28. The van der Waals surface area contributed by atoms with Crippen LogP contribution < -0.4 is 15.4 Å². The molecule has 27 heavy (non-hydrogen) atoms. The summed E-state index contributed by atoms with van der Waals surface area (Å²) in [5.41, 5.74) is 0.768. The minimum Gasteiger partial charge on any atom is -0.463 e. The van der Waals surface area contributed by atoms with Crippen molar-refractivity contribution in [1.82, 2.24) is 15.3 Å². The monoisotopic (exact) mass is 392 g/mol. The van der Waals surface area contributed by atoms with Crippen LogP contribution in [0.3, 0.4) is 0 Å². The zero-order valence-corrected chi connectivity index (χ0v) is 15.3. The molecule has 0 spiro atoms. The Bertz CT molecular complexity index is 860. The summed E-state index contributed by atoms with van der Waals surface area (Å²) in [6.45, 7) is 0.807. The summed E-state index contributed by atoms with van der Waals surface area (Å²) in [5, 5.41) is 5.73. The van der Waals surface area contributed by atoms with Gasteiger partial charge in [-0.2, -0.15) is 0 Å². The molecule has 9 heteroatoms. The molecule has 1 unspecified atom stereocenters. The van der Waals surface area contributed by atoms with Gasteiger partial charge in [0.1, 0.15) is 11.4 Å². The summed E-state index contributed by atoms with van der Waals surface area (Å²) < 4.78 is 17.0. The number of alkyl halides is 1. The normalized spacial score (nSPS) is 14.3. The minimum atomic E-state index is -0.949. The summed E-state index contributed by atoms with van der Waals surface area (Å²) in [7, 11) is 0. The summed E-state index contributed by atoms with van der Waals surface area (Å²) in [6.07, 6.45) is 3.13. The van der Waals surface area contributed by atoms with E-state index in [-0.39, 0.29) is 23.5 Å². The van der Waals surface area contributed by atoms with Gasteiger partial charge in [-0.05, 0) is 43.5 Å². The van der Waals surface area contributed by atoms with Gasteiger partial charge in [-0.1, -0.05) is 17.7 Å². The molecular formula is C18H18ClFN4O3. The Labute approximate surface area is 160 Å². The zero-order chi connectivity index (χ0) is 19.4. The van der Waals surface area contributed by atoms with Crippen LogP contribution in [0.5, 0.6) is 5.75 Å². The highest BCUT2D eigenvalue weighted by molar-refractivity contribution is 6.31. The molecule has 2 aromatic rings. The number of carbonyl (C=O) groups is 2. The van der Waals surface area contributed by atoms with Gasteiger partial charge in [-0.3, -0.25) is 14.9 Å². The van der Waals surface area contributed by atoms with Crippen molar-refractivity contribution in [3.8, 4) is 5.75 Å².